The second kappa shape index (κ2) is 4.47. The van der Waals surface area contributed by atoms with Crippen LogP contribution in [0.3, 0.4) is 0 Å². The minimum Gasteiger partial charge on any atom is -0.386 e. The number of aliphatic hydroxyl groups excluding tert-OH is 1. The molecule has 2 atom stereocenters. The van der Waals surface area contributed by atoms with Gasteiger partial charge in [0.2, 0.25) is 0 Å². The molecule has 0 radical (unpaired) electrons. The average molecular weight is 227 g/mol. The van der Waals surface area contributed by atoms with Crippen LogP contribution in [0.1, 0.15) is 36.4 Å². The van der Waals surface area contributed by atoms with Crippen molar-refractivity contribution in [3.05, 3.63) is 10.6 Å². The number of hydrogen-bond donors (Lipinski definition) is 3. The first-order valence-electron chi connectivity index (χ1n) is 5.39. The van der Waals surface area contributed by atoms with Gasteiger partial charge in [0.25, 0.3) is 0 Å². The molecule has 4 N–H and O–H groups in total. The smallest absolute Gasteiger partial charge is 0.180 e. The van der Waals surface area contributed by atoms with E-state index >= 15 is 0 Å². The lowest BCUT2D eigenvalue weighted by atomic mass is 9.95. The maximum atomic E-state index is 10.1. The highest BCUT2D eigenvalue weighted by Gasteiger charge is 2.30. The Kier molecular flexibility index (Phi) is 3.23. The maximum absolute atomic E-state index is 10.1. The van der Waals surface area contributed by atoms with E-state index in [0.717, 1.165) is 36.4 Å². The third kappa shape index (κ3) is 2.14. The Bertz CT molecular complexity index is 339. The number of rotatable bonds is 3. The van der Waals surface area contributed by atoms with Gasteiger partial charge in [-0.15, -0.1) is 0 Å². The molecule has 0 fully saturated rings. The first kappa shape index (κ1) is 10.9. The van der Waals surface area contributed by atoms with Crippen LogP contribution in [0.25, 0.3) is 0 Å². The normalized spacial score (nSPS) is 25.2. The number of nitrogen functional groups attached to an aromatic ring is 1. The van der Waals surface area contributed by atoms with Gasteiger partial charge in [0.15, 0.2) is 5.13 Å². The molecule has 0 bridgehead atoms. The highest BCUT2D eigenvalue weighted by Crippen LogP contribution is 2.35. The van der Waals surface area contributed by atoms with Crippen LogP contribution in [0, 0.1) is 0 Å². The Morgan fingerprint density at radius 2 is 2.47 bits per heavy atom. The zero-order valence-corrected chi connectivity index (χ0v) is 9.68. The lowest BCUT2D eigenvalue weighted by Gasteiger charge is -2.27. The van der Waals surface area contributed by atoms with Gasteiger partial charge < -0.3 is 16.2 Å². The van der Waals surface area contributed by atoms with Gasteiger partial charge in [0.05, 0.1) is 10.6 Å². The van der Waals surface area contributed by atoms with Crippen LogP contribution < -0.4 is 11.1 Å². The number of nitrogens with one attached hydrogen (secondary N) is 1. The molecule has 0 aliphatic heterocycles. The number of aromatic nitrogens is 1. The summed E-state index contributed by atoms with van der Waals surface area (Å²) in [5, 5.41) is 14.0. The molecule has 0 saturated heterocycles. The van der Waals surface area contributed by atoms with Crippen molar-refractivity contribution < 1.29 is 5.11 Å². The zero-order chi connectivity index (χ0) is 10.8. The van der Waals surface area contributed by atoms with Gasteiger partial charge in [-0.05, 0) is 25.8 Å². The van der Waals surface area contributed by atoms with Gasteiger partial charge in [-0.1, -0.05) is 18.3 Å². The standard InChI is InChI=1S/C10H17N3OS/c1-2-5-12-6-3-4-7-9(8(6)14)15-10(11)13-7/h6,8,12,14H,2-5H2,1H3,(H2,11,13)/t6-,8?/m0/s1. The molecule has 2 rings (SSSR count). The van der Waals surface area contributed by atoms with Crippen LogP contribution >= 0.6 is 11.3 Å². The molecule has 0 spiro atoms. The second-order valence-corrected chi connectivity index (χ2v) is 4.97. The summed E-state index contributed by atoms with van der Waals surface area (Å²) >= 11 is 1.41. The van der Waals surface area contributed by atoms with Crippen molar-refractivity contribution in [2.75, 3.05) is 12.3 Å². The Morgan fingerprint density at radius 1 is 1.67 bits per heavy atom. The third-order valence-electron chi connectivity index (χ3n) is 2.74. The Balaban J connectivity index is 2.11. The molecule has 1 aliphatic rings. The summed E-state index contributed by atoms with van der Waals surface area (Å²) in [4.78, 5) is 5.18. The van der Waals surface area contributed by atoms with Crippen molar-refractivity contribution >= 4 is 16.5 Å². The number of thiazole rings is 1. The largest absolute Gasteiger partial charge is 0.386 e. The number of hydrogen-bond acceptors (Lipinski definition) is 5. The van der Waals surface area contributed by atoms with Gasteiger partial charge in [-0.3, -0.25) is 0 Å². The molecule has 5 heteroatoms. The van der Waals surface area contributed by atoms with Crippen molar-refractivity contribution in [3.63, 3.8) is 0 Å². The molecule has 0 aromatic carbocycles. The van der Waals surface area contributed by atoms with E-state index in [9.17, 15) is 5.11 Å². The number of fused-ring (bicyclic) bond motifs is 1. The van der Waals surface area contributed by atoms with Gasteiger partial charge >= 0.3 is 0 Å². The van der Waals surface area contributed by atoms with Crippen molar-refractivity contribution in [2.45, 2.75) is 38.3 Å². The van der Waals surface area contributed by atoms with Crippen LogP contribution in [-0.2, 0) is 6.42 Å². The minimum absolute atomic E-state index is 0.164. The molecule has 1 unspecified atom stereocenters. The molecule has 84 valence electrons. The summed E-state index contributed by atoms with van der Waals surface area (Å²) in [6.07, 6.45) is 2.51. The molecule has 1 heterocycles. The van der Waals surface area contributed by atoms with E-state index in [1.807, 2.05) is 0 Å². The van der Waals surface area contributed by atoms with E-state index in [1.165, 1.54) is 11.3 Å². The number of aryl methyl sites for hydroxylation is 1. The fourth-order valence-corrected chi connectivity index (χ4v) is 2.90. The molecule has 1 aromatic heterocycles. The predicted octanol–water partition coefficient (Wildman–Crippen LogP) is 1.07. The van der Waals surface area contributed by atoms with Crippen molar-refractivity contribution in [2.24, 2.45) is 0 Å². The topological polar surface area (TPSA) is 71.2 Å². The highest BCUT2D eigenvalue weighted by atomic mass is 32.1. The molecular formula is C10H17N3OS. The van der Waals surface area contributed by atoms with Gasteiger partial charge in [-0.2, -0.15) is 0 Å². The second-order valence-electron chi connectivity index (χ2n) is 3.91. The van der Waals surface area contributed by atoms with Gasteiger partial charge in [-0.25, -0.2) is 4.98 Å². The summed E-state index contributed by atoms with van der Waals surface area (Å²) in [6, 6.07) is 0.164. The zero-order valence-electron chi connectivity index (χ0n) is 8.86. The van der Waals surface area contributed by atoms with E-state index in [0.29, 0.717) is 5.13 Å². The fraction of sp³-hybridized carbons (Fsp3) is 0.700. The fourth-order valence-electron chi connectivity index (χ4n) is 1.97. The van der Waals surface area contributed by atoms with E-state index < -0.39 is 6.10 Å². The van der Waals surface area contributed by atoms with E-state index in [1.54, 1.807) is 0 Å². The van der Waals surface area contributed by atoms with Crippen LogP contribution in [0.2, 0.25) is 0 Å². The third-order valence-corrected chi connectivity index (χ3v) is 3.74. The molecule has 0 amide bonds. The Morgan fingerprint density at radius 3 is 3.20 bits per heavy atom. The number of anilines is 1. The lowest BCUT2D eigenvalue weighted by molar-refractivity contribution is 0.118. The molecule has 4 nitrogen and oxygen atoms in total. The van der Waals surface area contributed by atoms with Gasteiger partial charge in [0.1, 0.15) is 6.10 Å². The summed E-state index contributed by atoms with van der Waals surface area (Å²) in [6.45, 7) is 3.07. The number of nitrogens with zero attached hydrogens (tertiary/aromatic N) is 1. The van der Waals surface area contributed by atoms with Crippen LogP contribution in [-0.4, -0.2) is 22.7 Å². The molecular weight excluding hydrogens is 210 g/mol. The SMILES string of the molecule is CCCN[C@H]1CCc2nc(N)sc2C1O. The van der Waals surface area contributed by atoms with E-state index in [4.69, 9.17) is 5.73 Å². The van der Waals surface area contributed by atoms with Crippen molar-refractivity contribution in [1.82, 2.24) is 10.3 Å². The number of nitrogens with two attached hydrogens (primary N) is 1. The first-order chi connectivity index (χ1) is 7.22. The maximum Gasteiger partial charge on any atom is 0.180 e. The lowest BCUT2D eigenvalue weighted by Crippen LogP contribution is -2.38. The van der Waals surface area contributed by atoms with E-state index in [-0.39, 0.29) is 6.04 Å². The Hall–Kier alpha value is -0.650. The minimum atomic E-state index is -0.435. The molecule has 1 aromatic rings. The summed E-state index contributed by atoms with van der Waals surface area (Å²) in [7, 11) is 0. The number of aliphatic hydroxyl groups is 1. The molecule has 1 aliphatic carbocycles. The van der Waals surface area contributed by atoms with Crippen molar-refractivity contribution in [3.8, 4) is 0 Å². The highest BCUT2D eigenvalue weighted by molar-refractivity contribution is 7.15. The summed E-state index contributed by atoms with van der Waals surface area (Å²) in [5.74, 6) is 0. The Labute approximate surface area is 93.5 Å². The summed E-state index contributed by atoms with van der Waals surface area (Å²) in [5.41, 5.74) is 6.63. The molecule has 15 heavy (non-hydrogen) atoms. The van der Waals surface area contributed by atoms with Crippen LogP contribution in [0.15, 0.2) is 0 Å². The van der Waals surface area contributed by atoms with E-state index in [2.05, 4.69) is 17.2 Å². The van der Waals surface area contributed by atoms with Crippen molar-refractivity contribution in [1.29, 1.82) is 0 Å². The summed E-state index contributed by atoms with van der Waals surface area (Å²) < 4.78 is 0. The quantitative estimate of drug-likeness (QED) is 0.722. The van der Waals surface area contributed by atoms with Gasteiger partial charge in [0, 0.05) is 6.04 Å². The average Bonchev–Trinajstić information content (AvgIpc) is 2.59. The monoisotopic (exact) mass is 227 g/mol. The first-order valence-corrected chi connectivity index (χ1v) is 6.20. The van der Waals surface area contributed by atoms with Crippen LogP contribution in [0.4, 0.5) is 5.13 Å². The predicted molar refractivity (Wildman–Crippen MR) is 61.9 cm³/mol. The molecule has 0 saturated carbocycles. The van der Waals surface area contributed by atoms with Crippen LogP contribution in [0.5, 0.6) is 0 Å².